The van der Waals surface area contributed by atoms with Crippen LogP contribution in [0, 0.1) is 0 Å². The molecule has 1 saturated heterocycles. The van der Waals surface area contributed by atoms with Crippen LogP contribution in [-0.2, 0) is 11.3 Å². The van der Waals surface area contributed by atoms with E-state index in [1.807, 2.05) is 28.8 Å². The molecule has 2 N–H and O–H groups in total. The third-order valence-electron chi connectivity index (χ3n) is 4.50. The van der Waals surface area contributed by atoms with E-state index in [0.717, 1.165) is 42.6 Å². The van der Waals surface area contributed by atoms with Gasteiger partial charge in [0, 0.05) is 13.2 Å². The molecule has 25 heavy (non-hydrogen) atoms. The van der Waals surface area contributed by atoms with E-state index in [0.29, 0.717) is 18.8 Å². The first kappa shape index (κ1) is 15.8. The third-order valence-corrected chi connectivity index (χ3v) is 4.50. The fraction of sp³-hybridized carbons (Fsp3) is 0.389. The largest absolute Gasteiger partial charge is 0.376 e. The van der Waals surface area contributed by atoms with Gasteiger partial charge in [0.05, 0.1) is 35.7 Å². The summed E-state index contributed by atoms with van der Waals surface area (Å²) < 4.78 is 7.66. The molecule has 0 aliphatic carbocycles. The van der Waals surface area contributed by atoms with Crippen molar-refractivity contribution >= 4 is 16.9 Å². The highest BCUT2D eigenvalue weighted by molar-refractivity contribution is 5.92. The molecule has 0 bridgehead atoms. The molecular formula is C18H21N5O2. The Hall–Kier alpha value is -2.67. The van der Waals surface area contributed by atoms with Crippen LogP contribution in [0.2, 0.25) is 0 Å². The monoisotopic (exact) mass is 339 g/mol. The maximum Gasteiger partial charge on any atom is 0.271 e. The zero-order chi connectivity index (χ0) is 17.1. The Morgan fingerprint density at radius 3 is 3.16 bits per heavy atom. The van der Waals surface area contributed by atoms with Gasteiger partial charge in [-0.3, -0.25) is 9.89 Å². The Morgan fingerprint density at radius 1 is 1.36 bits per heavy atom. The fourth-order valence-corrected chi connectivity index (χ4v) is 3.14. The van der Waals surface area contributed by atoms with E-state index in [1.165, 1.54) is 0 Å². The highest BCUT2D eigenvalue weighted by Gasteiger charge is 2.17. The van der Waals surface area contributed by atoms with E-state index < -0.39 is 0 Å². The van der Waals surface area contributed by atoms with Crippen LogP contribution < -0.4 is 5.32 Å². The summed E-state index contributed by atoms with van der Waals surface area (Å²) in [5.74, 6) is -0.174. The van der Waals surface area contributed by atoms with Crippen molar-refractivity contribution in [1.29, 1.82) is 0 Å². The van der Waals surface area contributed by atoms with Crippen LogP contribution >= 0.6 is 0 Å². The van der Waals surface area contributed by atoms with Gasteiger partial charge in [-0.15, -0.1) is 0 Å². The first-order valence-electron chi connectivity index (χ1n) is 8.63. The van der Waals surface area contributed by atoms with Crippen LogP contribution in [0.4, 0.5) is 0 Å². The lowest BCUT2D eigenvalue weighted by Crippen LogP contribution is -2.35. The molecule has 0 spiro atoms. The lowest BCUT2D eigenvalue weighted by molar-refractivity contribution is 0.0168. The number of para-hydroxylation sites is 2. The second-order valence-electron chi connectivity index (χ2n) is 6.34. The number of hydrogen-bond donors (Lipinski definition) is 2. The smallest absolute Gasteiger partial charge is 0.271 e. The van der Waals surface area contributed by atoms with Gasteiger partial charge >= 0.3 is 0 Å². The molecule has 1 aliphatic heterocycles. The number of fused-ring (bicyclic) bond motifs is 1. The van der Waals surface area contributed by atoms with Crippen molar-refractivity contribution in [3.05, 3.63) is 48.0 Å². The second kappa shape index (κ2) is 7.06. The number of benzene rings is 1. The lowest BCUT2D eigenvalue weighted by atomic mass is 10.1. The summed E-state index contributed by atoms with van der Waals surface area (Å²) in [5.41, 5.74) is 3.27. The van der Waals surface area contributed by atoms with Crippen molar-refractivity contribution < 1.29 is 9.53 Å². The van der Waals surface area contributed by atoms with Crippen molar-refractivity contribution in [2.24, 2.45) is 0 Å². The molecule has 1 unspecified atom stereocenters. The van der Waals surface area contributed by atoms with Gasteiger partial charge in [0.25, 0.3) is 5.91 Å². The Bertz CT molecular complexity index is 863. The van der Waals surface area contributed by atoms with Gasteiger partial charge in [-0.25, -0.2) is 4.98 Å². The maximum absolute atomic E-state index is 12.2. The van der Waals surface area contributed by atoms with Crippen molar-refractivity contribution in [2.45, 2.75) is 31.9 Å². The molecular weight excluding hydrogens is 318 g/mol. The molecule has 0 radical (unpaired) electrons. The van der Waals surface area contributed by atoms with Crippen molar-refractivity contribution in [2.75, 3.05) is 13.2 Å². The number of nitrogens with one attached hydrogen (secondary N) is 2. The molecule has 1 fully saturated rings. The quantitative estimate of drug-likeness (QED) is 0.745. The number of amides is 1. The molecule has 3 aromatic rings. The van der Waals surface area contributed by atoms with Gasteiger partial charge in [-0.05, 0) is 37.5 Å². The number of carbonyl (C=O) groups is 1. The number of hydrogen-bond acceptors (Lipinski definition) is 4. The minimum atomic E-state index is -0.174. The standard InChI is InChI=1S/C18H21N5O2/c24-18(19-10-14-5-3-4-8-25-14)16-9-13(21-22-16)11-23-12-20-15-6-1-2-7-17(15)23/h1-2,6-7,9,12,14H,3-5,8,10-11H2,(H,19,24)(H,21,22). The van der Waals surface area contributed by atoms with E-state index in [-0.39, 0.29) is 12.0 Å². The Morgan fingerprint density at radius 2 is 2.28 bits per heavy atom. The number of nitrogens with zero attached hydrogens (tertiary/aromatic N) is 3. The predicted molar refractivity (Wildman–Crippen MR) is 93.3 cm³/mol. The number of ether oxygens (including phenoxy) is 1. The molecule has 1 aliphatic rings. The van der Waals surface area contributed by atoms with E-state index >= 15 is 0 Å². The Kier molecular flexibility index (Phi) is 4.47. The van der Waals surface area contributed by atoms with Crippen LogP contribution in [-0.4, -0.2) is 44.9 Å². The molecule has 1 atom stereocenters. The number of H-pyrrole nitrogens is 1. The van der Waals surface area contributed by atoms with E-state index in [2.05, 4.69) is 20.5 Å². The minimum Gasteiger partial charge on any atom is -0.376 e. The van der Waals surface area contributed by atoms with Crippen LogP contribution in [0.3, 0.4) is 0 Å². The summed E-state index contributed by atoms with van der Waals surface area (Å²) >= 11 is 0. The zero-order valence-corrected chi connectivity index (χ0v) is 13.9. The molecule has 7 nitrogen and oxygen atoms in total. The minimum absolute atomic E-state index is 0.119. The Balaban J connectivity index is 1.38. The fourth-order valence-electron chi connectivity index (χ4n) is 3.14. The van der Waals surface area contributed by atoms with E-state index in [4.69, 9.17) is 4.74 Å². The van der Waals surface area contributed by atoms with Gasteiger partial charge in [0.2, 0.25) is 0 Å². The molecule has 3 heterocycles. The molecule has 7 heteroatoms. The zero-order valence-electron chi connectivity index (χ0n) is 13.9. The molecule has 130 valence electrons. The summed E-state index contributed by atoms with van der Waals surface area (Å²) in [6, 6.07) is 9.74. The Labute approximate surface area is 145 Å². The van der Waals surface area contributed by atoms with Crippen LogP contribution in [0.15, 0.2) is 36.7 Å². The van der Waals surface area contributed by atoms with Crippen LogP contribution in [0.5, 0.6) is 0 Å². The van der Waals surface area contributed by atoms with E-state index in [1.54, 1.807) is 12.4 Å². The van der Waals surface area contributed by atoms with Crippen LogP contribution in [0.1, 0.15) is 35.4 Å². The highest BCUT2D eigenvalue weighted by Crippen LogP contribution is 2.14. The number of carbonyl (C=O) groups excluding carboxylic acids is 1. The topological polar surface area (TPSA) is 84.8 Å². The van der Waals surface area contributed by atoms with Gasteiger partial charge in [-0.1, -0.05) is 12.1 Å². The summed E-state index contributed by atoms with van der Waals surface area (Å²) in [6.45, 7) is 1.91. The first-order chi connectivity index (χ1) is 12.3. The number of aromatic nitrogens is 4. The molecule has 2 aromatic heterocycles. The molecule has 1 aromatic carbocycles. The van der Waals surface area contributed by atoms with Gasteiger partial charge in [0.1, 0.15) is 5.69 Å². The molecule has 1 amide bonds. The number of rotatable bonds is 5. The normalized spacial score (nSPS) is 17.7. The number of aromatic amines is 1. The lowest BCUT2D eigenvalue weighted by Gasteiger charge is -2.22. The summed E-state index contributed by atoms with van der Waals surface area (Å²) in [5, 5.41) is 9.97. The molecule has 0 saturated carbocycles. The van der Waals surface area contributed by atoms with Crippen molar-refractivity contribution in [3.8, 4) is 0 Å². The third kappa shape index (κ3) is 3.56. The highest BCUT2D eigenvalue weighted by atomic mass is 16.5. The second-order valence-corrected chi connectivity index (χ2v) is 6.34. The average molecular weight is 339 g/mol. The predicted octanol–water partition coefficient (Wildman–Crippen LogP) is 2.11. The maximum atomic E-state index is 12.2. The van der Waals surface area contributed by atoms with Crippen molar-refractivity contribution in [3.63, 3.8) is 0 Å². The summed E-state index contributed by atoms with van der Waals surface area (Å²) in [4.78, 5) is 16.6. The summed E-state index contributed by atoms with van der Waals surface area (Å²) in [7, 11) is 0. The SMILES string of the molecule is O=C(NCC1CCCCO1)c1cc(Cn2cnc3ccccc32)[nH]n1. The van der Waals surface area contributed by atoms with Gasteiger partial charge in [-0.2, -0.15) is 5.10 Å². The summed E-state index contributed by atoms with van der Waals surface area (Å²) in [6.07, 6.45) is 5.18. The van der Waals surface area contributed by atoms with Gasteiger partial charge in [0.15, 0.2) is 0 Å². The van der Waals surface area contributed by atoms with Crippen LogP contribution in [0.25, 0.3) is 11.0 Å². The molecule has 4 rings (SSSR count). The first-order valence-corrected chi connectivity index (χ1v) is 8.63. The average Bonchev–Trinajstić information content (AvgIpc) is 3.29. The van der Waals surface area contributed by atoms with E-state index in [9.17, 15) is 4.79 Å². The number of imidazole rings is 1. The van der Waals surface area contributed by atoms with Crippen molar-refractivity contribution in [1.82, 2.24) is 25.1 Å². The van der Waals surface area contributed by atoms with Gasteiger partial charge < -0.3 is 14.6 Å².